The van der Waals surface area contributed by atoms with Crippen LogP contribution in [-0.2, 0) is 4.79 Å². The average Bonchev–Trinajstić information content (AvgIpc) is 3.41. The summed E-state index contributed by atoms with van der Waals surface area (Å²) < 4.78 is 0. The molecule has 137 valence electrons. The molecule has 0 atom stereocenters. The minimum Gasteiger partial charge on any atom is -0.343 e. The Hall–Kier alpha value is -0.830. The van der Waals surface area contributed by atoms with Gasteiger partial charge in [0.05, 0.1) is 0 Å². The summed E-state index contributed by atoms with van der Waals surface area (Å²) in [6.45, 7) is 12.2. The molecule has 1 radical (unpaired) electrons. The molecule has 0 bridgehead atoms. The molecule has 1 aliphatic carbocycles. The average molecular weight is 334 g/mol. The molecule has 1 amide bonds. The monoisotopic (exact) mass is 333 g/mol. The van der Waals surface area contributed by atoms with E-state index in [9.17, 15) is 4.79 Å². The van der Waals surface area contributed by atoms with E-state index in [1.165, 1.54) is 24.8 Å². The van der Waals surface area contributed by atoms with Crippen molar-refractivity contribution in [2.24, 2.45) is 17.3 Å². The van der Waals surface area contributed by atoms with Gasteiger partial charge in [0.2, 0.25) is 5.91 Å². The van der Waals surface area contributed by atoms with Crippen molar-refractivity contribution < 1.29 is 6.22 Å². The third kappa shape index (κ3) is 4.22. The Bertz CT molecular complexity index is 472. The minimum atomic E-state index is 0. The highest BCUT2D eigenvalue weighted by Crippen LogP contribution is 2.48. The Kier molecular flexibility index (Phi) is 5.69. The molecule has 0 aromatic carbocycles. The van der Waals surface area contributed by atoms with Gasteiger partial charge in [0.15, 0.2) is 0 Å². The van der Waals surface area contributed by atoms with Crippen molar-refractivity contribution in [1.29, 1.82) is 0 Å². The van der Waals surface area contributed by atoms with Crippen LogP contribution in [0.2, 0.25) is 0 Å². The molecule has 0 saturated carbocycles. The van der Waals surface area contributed by atoms with Crippen molar-refractivity contribution in [1.82, 2.24) is 9.80 Å². The van der Waals surface area contributed by atoms with Crippen LogP contribution in [0.25, 0.3) is 0 Å². The van der Waals surface area contributed by atoms with Gasteiger partial charge in [0, 0.05) is 32.8 Å². The van der Waals surface area contributed by atoms with E-state index in [2.05, 4.69) is 43.1 Å². The molecule has 3 aliphatic rings. The van der Waals surface area contributed by atoms with Crippen molar-refractivity contribution in [2.75, 3.05) is 32.7 Å². The third-order valence-corrected chi connectivity index (χ3v) is 6.47. The molecule has 3 heteroatoms. The highest BCUT2D eigenvalue weighted by Gasteiger charge is 2.43. The van der Waals surface area contributed by atoms with Gasteiger partial charge >= 0.3 is 0 Å². The first-order valence-corrected chi connectivity index (χ1v) is 10.1. The summed E-state index contributed by atoms with van der Waals surface area (Å²) in [4.78, 5) is 17.6. The van der Waals surface area contributed by atoms with Gasteiger partial charge in [-0.3, -0.25) is 4.79 Å². The zero-order chi connectivity index (χ0) is 17.2. The second kappa shape index (κ2) is 7.59. The second-order valence-corrected chi connectivity index (χ2v) is 8.63. The lowest BCUT2D eigenvalue weighted by Gasteiger charge is -2.42. The summed E-state index contributed by atoms with van der Waals surface area (Å²) in [5.41, 5.74) is 1.61. The first-order valence-electron chi connectivity index (χ1n) is 10.1. The summed E-state index contributed by atoms with van der Waals surface area (Å²) in [7, 11) is 0. The molecule has 24 heavy (non-hydrogen) atoms. The van der Waals surface area contributed by atoms with E-state index in [4.69, 9.17) is 0 Å². The molecule has 0 N–H and O–H groups in total. The van der Waals surface area contributed by atoms with Crippen LogP contribution in [0.3, 0.4) is 0 Å². The van der Waals surface area contributed by atoms with Gasteiger partial charge in [0.1, 0.15) is 0 Å². The number of likely N-dealkylation sites (tertiary alicyclic amines) is 2. The van der Waals surface area contributed by atoms with Crippen LogP contribution in [0.15, 0.2) is 11.6 Å². The zero-order valence-corrected chi connectivity index (χ0v) is 15.9. The van der Waals surface area contributed by atoms with Crippen LogP contribution in [0, 0.1) is 23.7 Å². The Morgan fingerprint density at radius 2 is 1.88 bits per heavy atom. The van der Waals surface area contributed by atoms with Crippen LogP contribution < -0.4 is 0 Å². The lowest BCUT2D eigenvalue weighted by molar-refractivity contribution is -0.135. The molecule has 0 aromatic rings. The van der Waals surface area contributed by atoms with Crippen LogP contribution in [-0.4, -0.2) is 48.4 Å². The van der Waals surface area contributed by atoms with Crippen LogP contribution in [0.4, 0.5) is 0 Å². The molecule has 2 saturated heterocycles. The summed E-state index contributed by atoms with van der Waals surface area (Å²) in [6, 6.07) is 0. The van der Waals surface area contributed by atoms with Crippen molar-refractivity contribution >= 4 is 5.91 Å². The Morgan fingerprint density at radius 3 is 2.38 bits per heavy atom. The standard InChI is InChI=1S/C21H35N2O.H2/c1-4-22-13-9-21(10-14-22,19-5-6-19)16-20(24)23-11-7-18(8-12-23)15-17(2)3;/h5-6,17-18H,4,7-16H2,1-3H3;1H. The number of hydrogen-bond donors (Lipinski definition) is 0. The normalized spacial score (nSPS) is 25.0. The number of rotatable bonds is 6. The van der Waals surface area contributed by atoms with Crippen molar-refractivity contribution in [2.45, 2.75) is 59.3 Å². The number of nitrogens with zero attached hydrogens (tertiary/aromatic N) is 2. The molecular formula is C21H37N2O. The third-order valence-electron chi connectivity index (χ3n) is 6.47. The van der Waals surface area contributed by atoms with E-state index in [1.54, 1.807) is 0 Å². The molecular weight excluding hydrogens is 296 g/mol. The SMILES string of the molecule is CCN1CCC(CC(=O)N2CCC(CC(C)C)CC2)(C2=C[CH]2)CC1.[HH]. The maximum Gasteiger partial charge on any atom is 0.223 e. The first-order chi connectivity index (χ1) is 11.5. The Morgan fingerprint density at radius 1 is 1.25 bits per heavy atom. The lowest BCUT2D eigenvalue weighted by Crippen LogP contribution is -2.45. The molecule has 3 rings (SSSR count). The van der Waals surface area contributed by atoms with E-state index < -0.39 is 0 Å². The largest absolute Gasteiger partial charge is 0.343 e. The Balaban J connectivity index is 0.00000225. The van der Waals surface area contributed by atoms with E-state index in [0.29, 0.717) is 5.91 Å². The highest BCUT2D eigenvalue weighted by molar-refractivity contribution is 5.78. The fourth-order valence-electron chi connectivity index (χ4n) is 4.75. The minimum absolute atomic E-state index is 0. The van der Waals surface area contributed by atoms with Crippen molar-refractivity contribution in [3.05, 3.63) is 18.1 Å². The predicted octanol–water partition coefficient (Wildman–Crippen LogP) is 4.15. The predicted molar refractivity (Wildman–Crippen MR) is 102 cm³/mol. The fourth-order valence-corrected chi connectivity index (χ4v) is 4.75. The smallest absolute Gasteiger partial charge is 0.223 e. The van der Waals surface area contributed by atoms with Crippen molar-refractivity contribution in [3.63, 3.8) is 0 Å². The molecule has 2 heterocycles. The van der Waals surface area contributed by atoms with Crippen LogP contribution in [0.1, 0.15) is 60.7 Å². The van der Waals surface area contributed by atoms with Gasteiger partial charge in [-0.1, -0.05) is 32.4 Å². The lowest BCUT2D eigenvalue weighted by atomic mass is 9.72. The van der Waals surface area contributed by atoms with Gasteiger partial charge in [-0.15, -0.1) is 0 Å². The van der Waals surface area contributed by atoms with Gasteiger partial charge < -0.3 is 9.80 Å². The molecule has 3 nitrogen and oxygen atoms in total. The van der Waals surface area contributed by atoms with E-state index in [0.717, 1.165) is 63.8 Å². The summed E-state index contributed by atoms with van der Waals surface area (Å²) in [5.74, 6) is 2.01. The maximum atomic E-state index is 13.0. The quantitative estimate of drug-likeness (QED) is 0.729. The van der Waals surface area contributed by atoms with Crippen LogP contribution in [0.5, 0.6) is 0 Å². The molecule has 0 unspecified atom stereocenters. The number of carbonyl (C=O) groups excluding carboxylic acids is 1. The summed E-state index contributed by atoms with van der Waals surface area (Å²) >= 11 is 0. The molecule has 2 aliphatic heterocycles. The highest BCUT2D eigenvalue weighted by atomic mass is 16.2. The number of carbonyl (C=O) groups is 1. The first kappa shape index (κ1) is 18.0. The maximum absolute atomic E-state index is 13.0. The van der Waals surface area contributed by atoms with Gasteiger partial charge in [-0.2, -0.15) is 0 Å². The van der Waals surface area contributed by atoms with Gasteiger partial charge in [0.25, 0.3) is 0 Å². The number of hydrogen-bond acceptors (Lipinski definition) is 2. The van der Waals surface area contributed by atoms with Gasteiger partial charge in [-0.05, 0) is 63.6 Å². The molecule has 2 fully saturated rings. The second-order valence-electron chi connectivity index (χ2n) is 8.63. The number of piperidine rings is 2. The molecule has 0 aromatic heterocycles. The van der Waals surface area contributed by atoms with E-state index in [1.807, 2.05) is 0 Å². The molecule has 0 spiro atoms. The van der Waals surface area contributed by atoms with E-state index in [-0.39, 0.29) is 6.84 Å². The summed E-state index contributed by atoms with van der Waals surface area (Å²) in [6.07, 6.45) is 11.2. The zero-order valence-electron chi connectivity index (χ0n) is 15.9. The van der Waals surface area contributed by atoms with Gasteiger partial charge in [-0.25, -0.2) is 0 Å². The Labute approximate surface area is 149 Å². The van der Waals surface area contributed by atoms with Crippen molar-refractivity contribution in [3.8, 4) is 0 Å². The van der Waals surface area contributed by atoms with E-state index >= 15 is 0 Å². The van der Waals surface area contributed by atoms with Crippen LogP contribution >= 0.6 is 0 Å². The number of allylic oxidation sites excluding steroid dienone is 2. The fraction of sp³-hybridized carbons (Fsp3) is 0.810. The number of amides is 1. The topological polar surface area (TPSA) is 23.6 Å². The summed E-state index contributed by atoms with van der Waals surface area (Å²) in [5, 5.41) is 0.